The van der Waals surface area contributed by atoms with Crippen LogP contribution in [0.15, 0.2) is 84.0 Å². The molecule has 3 atom stereocenters. The Labute approximate surface area is 237 Å². The van der Waals surface area contributed by atoms with E-state index >= 15 is 0 Å². The van der Waals surface area contributed by atoms with Crippen molar-refractivity contribution in [2.45, 2.75) is 50.2 Å². The maximum Gasteiger partial charge on any atom is 0.315 e. The van der Waals surface area contributed by atoms with Crippen LogP contribution in [0.2, 0.25) is 0 Å². The number of aromatic nitrogens is 4. The van der Waals surface area contributed by atoms with Crippen LogP contribution in [0.4, 0.5) is 4.79 Å². The topological polar surface area (TPSA) is 123 Å². The molecule has 3 aromatic carbocycles. The summed E-state index contributed by atoms with van der Waals surface area (Å²) < 4.78 is 14.6. The maximum atomic E-state index is 11.7. The number of hydrogen-bond donors (Lipinski definition) is 3. The highest BCUT2D eigenvalue weighted by Gasteiger charge is 2.32. The fraction of sp³-hybridized carbons (Fsp3) is 0.310. The number of carbonyl (C=O) groups is 1. The zero-order valence-electron chi connectivity index (χ0n) is 22.1. The van der Waals surface area contributed by atoms with Crippen molar-refractivity contribution in [1.82, 2.24) is 30.8 Å². The Morgan fingerprint density at radius 1 is 0.975 bits per heavy atom. The third-order valence-electron chi connectivity index (χ3n) is 6.50. The van der Waals surface area contributed by atoms with E-state index in [1.54, 1.807) is 4.68 Å². The first-order valence-electron chi connectivity index (χ1n) is 13.2. The molecule has 11 heteroatoms. The minimum Gasteiger partial charge on any atom is -0.392 e. The van der Waals surface area contributed by atoms with Gasteiger partial charge in [0.1, 0.15) is 0 Å². The van der Waals surface area contributed by atoms with Crippen molar-refractivity contribution in [2.24, 2.45) is 0 Å². The van der Waals surface area contributed by atoms with E-state index in [1.165, 1.54) is 11.8 Å². The van der Waals surface area contributed by atoms with Gasteiger partial charge >= 0.3 is 6.03 Å². The van der Waals surface area contributed by atoms with Gasteiger partial charge in [0.05, 0.1) is 24.5 Å². The lowest BCUT2D eigenvalue weighted by molar-refractivity contribution is -0.245. The number of ether oxygens (including phenoxy) is 2. The Balaban J connectivity index is 1.30. The van der Waals surface area contributed by atoms with Crippen molar-refractivity contribution in [3.63, 3.8) is 0 Å². The van der Waals surface area contributed by atoms with Crippen molar-refractivity contribution >= 4 is 17.8 Å². The third-order valence-corrected chi connectivity index (χ3v) is 7.55. The lowest BCUT2D eigenvalue weighted by Gasteiger charge is -2.36. The molecule has 4 aromatic rings. The predicted molar refractivity (Wildman–Crippen MR) is 151 cm³/mol. The Morgan fingerprint density at radius 3 is 2.42 bits per heavy atom. The van der Waals surface area contributed by atoms with Gasteiger partial charge in [-0.15, -0.1) is 5.10 Å². The third kappa shape index (κ3) is 7.05. The number of benzene rings is 3. The van der Waals surface area contributed by atoms with Crippen molar-refractivity contribution in [2.75, 3.05) is 12.3 Å². The van der Waals surface area contributed by atoms with E-state index in [9.17, 15) is 9.90 Å². The van der Waals surface area contributed by atoms with Gasteiger partial charge in [0, 0.05) is 30.8 Å². The molecule has 2 heterocycles. The second-order valence-corrected chi connectivity index (χ2v) is 10.3. The highest BCUT2D eigenvalue weighted by molar-refractivity contribution is 7.99. The summed E-state index contributed by atoms with van der Waals surface area (Å²) in [5.41, 5.74) is 4.63. The van der Waals surface area contributed by atoms with Crippen LogP contribution in [0, 0.1) is 0 Å². The molecule has 1 aliphatic rings. The van der Waals surface area contributed by atoms with Crippen molar-refractivity contribution in [1.29, 1.82) is 0 Å². The Bertz CT molecular complexity index is 1370. The molecule has 1 fully saturated rings. The van der Waals surface area contributed by atoms with E-state index in [2.05, 4.69) is 26.2 Å². The average molecular weight is 561 g/mol. The lowest BCUT2D eigenvalue weighted by Crippen LogP contribution is -2.34. The molecule has 5 rings (SSSR count). The van der Waals surface area contributed by atoms with Gasteiger partial charge in [-0.2, -0.15) is 4.68 Å². The highest BCUT2D eigenvalue weighted by atomic mass is 32.2. The summed E-state index contributed by atoms with van der Waals surface area (Å²) in [6.45, 7) is 2.87. The molecule has 0 spiro atoms. The summed E-state index contributed by atoms with van der Waals surface area (Å²) >= 11 is 1.54. The molecule has 1 aromatic heterocycles. The first kappa shape index (κ1) is 27.8. The smallest absolute Gasteiger partial charge is 0.315 e. The monoisotopic (exact) mass is 560 g/mol. The minimum atomic E-state index is -0.572. The number of aliphatic hydroxyl groups excluding tert-OH is 1. The largest absolute Gasteiger partial charge is 0.392 e. The van der Waals surface area contributed by atoms with Crippen LogP contribution in [-0.4, -0.2) is 49.7 Å². The molecule has 0 radical (unpaired) electrons. The van der Waals surface area contributed by atoms with Crippen LogP contribution in [0.1, 0.15) is 48.0 Å². The molecule has 10 nitrogen and oxygen atoms in total. The van der Waals surface area contributed by atoms with Gasteiger partial charge in [-0.05, 0) is 46.2 Å². The molecule has 208 valence electrons. The molecule has 0 aliphatic carbocycles. The predicted octanol–water partition coefficient (Wildman–Crippen LogP) is 4.31. The summed E-state index contributed by atoms with van der Waals surface area (Å²) in [5.74, 6) is 0.632. The highest BCUT2D eigenvalue weighted by Crippen LogP contribution is 2.39. The zero-order valence-corrected chi connectivity index (χ0v) is 23.0. The standard InChI is InChI=1S/C29H32N6O4S/c1-2-30-28(37)31-17-20-8-14-23(15-9-20)27-38-25(16-26(39-27)22-12-10-21(18-36)11-13-22)19-40-29-32-33-34-35(29)24-6-4-3-5-7-24/h3-15,25-27,36H,2,16-19H2,1H3,(H2,30,31,37)/t25-,26+,27+/m0/s1. The molecule has 0 unspecified atom stereocenters. The summed E-state index contributed by atoms with van der Waals surface area (Å²) in [7, 11) is 0. The van der Waals surface area contributed by atoms with E-state index in [0.717, 1.165) is 27.9 Å². The first-order valence-corrected chi connectivity index (χ1v) is 14.2. The molecule has 40 heavy (non-hydrogen) atoms. The van der Waals surface area contributed by atoms with Gasteiger partial charge in [0.2, 0.25) is 5.16 Å². The molecular weight excluding hydrogens is 528 g/mol. The second kappa shape index (κ2) is 13.5. The number of tetrazole rings is 1. The Morgan fingerprint density at radius 2 is 1.70 bits per heavy atom. The van der Waals surface area contributed by atoms with Crippen molar-refractivity contribution < 1.29 is 19.4 Å². The van der Waals surface area contributed by atoms with E-state index in [4.69, 9.17) is 9.47 Å². The van der Waals surface area contributed by atoms with Gasteiger partial charge < -0.3 is 25.2 Å². The van der Waals surface area contributed by atoms with E-state index in [1.807, 2.05) is 85.8 Å². The average Bonchev–Trinajstić information content (AvgIpc) is 3.48. The number of carbonyl (C=O) groups excluding carboxylic acids is 1. The molecule has 1 saturated heterocycles. The normalized spacial score (nSPS) is 18.8. The summed E-state index contributed by atoms with van der Waals surface area (Å²) in [5, 5.41) is 28.0. The molecule has 1 aliphatic heterocycles. The number of aliphatic hydroxyl groups is 1. The number of amides is 2. The summed E-state index contributed by atoms with van der Waals surface area (Å²) in [6, 6.07) is 25.3. The van der Waals surface area contributed by atoms with E-state index < -0.39 is 6.29 Å². The fourth-order valence-electron chi connectivity index (χ4n) is 4.39. The zero-order chi connectivity index (χ0) is 27.7. The van der Waals surface area contributed by atoms with Gasteiger partial charge in [0.25, 0.3) is 0 Å². The summed E-state index contributed by atoms with van der Waals surface area (Å²) in [6.07, 6.45) is -0.242. The van der Waals surface area contributed by atoms with Crippen LogP contribution in [0.5, 0.6) is 0 Å². The van der Waals surface area contributed by atoms with Gasteiger partial charge in [-0.1, -0.05) is 78.5 Å². The fourth-order valence-corrected chi connectivity index (χ4v) is 5.30. The molecule has 0 saturated carbocycles. The number of para-hydroxylation sites is 1. The van der Waals surface area contributed by atoms with Crippen molar-refractivity contribution in [3.8, 4) is 5.69 Å². The number of hydrogen-bond acceptors (Lipinski definition) is 8. The SMILES string of the molecule is CCNC(=O)NCc1ccc([C@@H]2O[C@H](CSc3nnnn3-c3ccccc3)C[C@H](c3ccc(CO)cc3)O2)cc1. The number of nitrogens with one attached hydrogen (secondary N) is 2. The van der Waals surface area contributed by atoms with E-state index in [0.29, 0.717) is 30.4 Å². The number of rotatable bonds is 10. The Kier molecular flexibility index (Phi) is 9.40. The minimum absolute atomic E-state index is 0.00571. The van der Waals surface area contributed by atoms with Crippen LogP contribution in [0.3, 0.4) is 0 Å². The number of urea groups is 1. The number of nitrogens with zero attached hydrogens (tertiary/aromatic N) is 4. The van der Waals surface area contributed by atoms with Gasteiger partial charge in [-0.25, -0.2) is 4.79 Å². The molecular formula is C29H32N6O4S. The molecule has 2 amide bonds. The van der Waals surface area contributed by atoms with Crippen LogP contribution in [0.25, 0.3) is 5.69 Å². The summed E-state index contributed by atoms with van der Waals surface area (Å²) in [4.78, 5) is 11.7. The van der Waals surface area contributed by atoms with Gasteiger partial charge in [-0.3, -0.25) is 0 Å². The second-order valence-electron chi connectivity index (χ2n) is 9.32. The van der Waals surface area contributed by atoms with E-state index in [-0.39, 0.29) is 24.8 Å². The first-order chi connectivity index (χ1) is 19.6. The van der Waals surface area contributed by atoms with Crippen LogP contribution in [-0.2, 0) is 22.6 Å². The van der Waals surface area contributed by atoms with Crippen LogP contribution >= 0.6 is 11.8 Å². The van der Waals surface area contributed by atoms with Gasteiger partial charge in [0.15, 0.2) is 6.29 Å². The quantitative estimate of drug-likeness (QED) is 0.245. The van der Waals surface area contributed by atoms with Crippen LogP contribution < -0.4 is 10.6 Å². The maximum absolute atomic E-state index is 11.7. The molecule has 3 N–H and O–H groups in total. The Hall–Kier alpha value is -3.77. The van der Waals surface area contributed by atoms with Crippen molar-refractivity contribution in [3.05, 3.63) is 101 Å². The lowest BCUT2D eigenvalue weighted by atomic mass is 10.0. The molecule has 0 bridgehead atoms. The number of thioether (sulfide) groups is 1.